The van der Waals surface area contributed by atoms with Crippen molar-refractivity contribution in [3.05, 3.63) is 23.8 Å². The number of aromatic carboxylic acids is 1. The molecule has 1 heterocycles. The molecule has 1 aromatic rings. The molecule has 1 aliphatic heterocycles. The summed E-state index contributed by atoms with van der Waals surface area (Å²) < 4.78 is 0. The Balaban J connectivity index is 2.46. The monoisotopic (exact) mass is 234 g/mol. The van der Waals surface area contributed by atoms with Gasteiger partial charge in [-0.25, -0.2) is 4.79 Å². The van der Waals surface area contributed by atoms with Crippen molar-refractivity contribution in [1.29, 1.82) is 0 Å². The topological polar surface area (TPSA) is 52.6 Å². The van der Waals surface area contributed by atoms with Crippen molar-refractivity contribution in [3.8, 4) is 0 Å². The highest BCUT2D eigenvalue weighted by molar-refractivity contribution is 5.91. The van der Waals surface area contributed by atoms with E-state index in [-0.39, 0.29) is 0 Å². The zero-order valence-electron chi connectivity index (χ0n) is 10.2. The number of anilines is 2. The SMILES string of the molecule is CC(C)N1CCCNc2ccc(C(=O)O)cc21. The molecule has 0 radical (unpaired) electrons. The molecule has 1 aromatic carbocycles. The summed E-state index contributed by atoms with van der Waals surface area (Å²) in [7, 11) is 0. The summed E-state index contributed by atoms with van der Waals surface area (Å²) in [6, 6.07) is 5.64. The standard InChI is InChI=1S/C13H18N2O2/c1-9(2)15-7-3-6-14-11-5-4-10(13(16)17)8-12(11)15/h4-5,8-9,14H,3,6-7H2,1-2H3,(H,16,17). The maximum atomic E-state index is 11.0. The van der Waals surface area contributed by atoms with E-state index < -0.39 is 5.97 Å². The van der Waals surface area contributed by atoms with Crippen molar-refractivity contribution in [2.75, 3.05) is 23.3 Å². The largest absolute Gasteiger partial charge is 0.478 e. The zero-order chi connectivity index (χ0) is 12.4. The lowest BCUT2D eigenvalue weighted by Gasteiger charge is -2.28. The van der Waals surface area contributed by atoms with Crippen LogP contribution >= 0.6 is 0 Å². The normalized spacial score (nSPS) is 15.1. The molecule has 0 fully saturated rings. The smallest absolute Gasteiger partial charge is 0.335 e. The summed E-state index contributed by atoms with van der Waals surface area (Å²) in [6.07, 6.45) is 1.06. The highest BCUT2D eigenvalue weighted by atomic mass is 16.4. The molecule has 0 bridgehead atoms. The van der Waals surface area contributed by atoms with Gasteiger partial charge in [0.25, 0.3) is 0 Å². The van der Waals surface area contributed by atoms with Gasteiger partial charge in [0.1, 0.15) is 0 Å². The van der Waals surface area contributed by atoms with Gasteiger partial charge < -0.3 is 15.3 Å². The molecule has 0 amide bonds. The Kier molecular flexibility index (Phi) is 3.22. The summed E-state index contributed by atoms with van der Waals surface area (Å²) in [4.78, 5) is 13.3. The minimum absolute atomic E-state index is 0.345. The van der Waals surface area contributed by atoms with E-state index >= 15 is 0 Å². The van der Waals surface area contributed by atoms with E-state index in [1.54, 1.807) is 12.1 Å². The summed E-state index contributed by atoms with van der Waals surface area (Å²) in [5.41, 5.74) is 2.37. The van der Waals surface area contributed by atoms with Crippen LogP contribution in [-0.4, -0.2) is 30.2 Å². The first-order valence-electron chi connectivity index (χ1n) is 5.97. The molecule has 0 saturated heterocycles. The first-order chi connectivity index (χ1) is 8.09. The lowest BCUT2D eigenvalue weighted by atomic mass is 10.1. The van der Waals surface area contributed by atoms with Gasteiger partial charge >= 0.3 is 5.97 Å². The Morgan fingerprint density at radius 1 is 1.47 bits per heavy atom. The fourth-order valence-corrected chi connectivity index (χ4v) is 2.18. The molecule has 92 valence electrons. The lowest BCUT2D eigenvalue weighted by Crippen LogP contribution is -2.31. The van der Waals surface area contributed by atoms with E-state index in [1.807, 2.05) is 6.07 Å². The number of nitrogens with one attached hydrogen (secondary N) is 1. The van der Waals surface area contributed by atoms with Crippen molar-refractivity contribution >= 4 is 17.3 Å². The van der Waals surface area contributed by atoms with Crippen molar-refractivity contribution in [3.63, 3.8) is 0 Å². The van der Waals surface area contributed by atoms with Gasteiger partial charge in [-0.05, 0) is 38.5 Å². The van der Waals surface area contributed by atoms with Gasteiger partial charge in [-0.1, -0.05) is 0 Å². The molecule has 0 atom stereocenters. The van der Waals surface area contributed by atoms with E-state index in [2.05, 4.69) is 24.1 Å². The van der Waals surface area contributed by atoms with Crippen LogP contribution in [0.1, 0.15) is 30.6 Å². The number of fused-ring (bicyclic) bond motifs is 1. The van der Waals surface area contributed by atoms with Crippen LogP contribution in [-0.2, 0) is 0 Å². The second-order valence-electron chi connectivity index (χ2n) is 4.60. The van der Waals surface area contributed by atoms with Crippen LogP contribution in [0.15, 0.2) is 18.2 Å². The second-order valence-corrected chi connectivity index (χ2v) is 4.60. The summed E-state index contributed by atoms with van der Waals surface area (Å²) in [5.74, 6) is -0.874. The van der Waals surface area contributed by atoms with Crippen molar-refractivity contribution in [2.45, 2.75) is 26.3 Å². The maximum absolute atomic E-state index is 11.0. The number of benzene rings is 1. The summed E-state index contributed by atoms with van der Waals surface area (Å²) in [6.45, 7) is 6.15. The van der Waals surface area contributed by atoms with Crippen LogP contribution < -0.4 is 10.2 Å². The van der Waals surface area contributed by atoms with Gasteiger partial charge in [0, 0.05) is 19.1 Å². The summed E-state index contributed by atoms with van der Waals surface area (Å²) >= 11 is 0. The molecular formula is C13H18N2O2. The van der Waals surface area contributed by atoms with Gasteiger partial charge in [-0.3, -0.25) is 0 Å². The van der Waals surface area contributed by atoms with Crippen molar-refractivity contribution in [2.24, 2.45) is 0 Å². The Morgan fingerprint density at radius 3 is 2.88 bits per heavy atom. The number of carbonyl (C=O) groups is 1. The molecule has 0 saturated carbocycles. The number of nitrogens with zero attached hydrogens (tertiary/aromatic N) is 1. The number of carboxylic acids is 1. The highest BCUT2D eigenvalue weighted by Crippen LogP contribution is 2.31. The number of hydrogen-bond donors (Lipinski definition) is 2. The van der Waals surface area contributed by atoms with E-state index in [9.17, 15) is 4.79 Å². The van der Waals surface area contributed by atoms with Gasteiger partial charge in [-0.2, -0.15) is 0 Å². The third-order valence-electron chi connectivity index (χ3n) is 3.07. The van der Waals surface area contributed by atoms with Crippen LogP contribution in [0.2, 0.25) is 0 Å². The Labute approximate surface area is 101 Å². The Hall–Kier alpha value is -1.71. The first kappa shape index (κ1) is 11.8. The van der Waals surface area contributed by atoms with Gasteiger partial charge in [0.15, 0.2) is 0 Å². The first-order valence-corrected chi connectivity index (χ1v) is 5.97. The van der Waals surface area contributed by atoms with Gasteiger partial charge in [-0.15, -0.1) is 0 Å². The fourth-order valence-electron chi connectivity index (χ4n) is 2.18. The molecule has 0 unspecified atom stereocenters. The molecule has 0 aliphatic carbocycles. The van der Waals surface area contributed by atoms with Gasteiger partial charge in [0.2, 0.25) is 0 Å². The molecule has 17 heavy (non-hydrogen) atoms. The van der Waals surface area contributed by atoms with Crippen molar-refractivity contribution < 1.29 is 9.90 Å². The molecule has 1 aliphatic rings. The lowest BCUT2D eigenvalue weighted by molar-refractivity contribution is 0.0697. The minimum Gasteiger partial charge on any atom is -0.478 e. The van der Waals surface area contributed by atoms with E-state index in [4.69, 9.17) is 5.11 Å². The molecule has 0 aromatic heterocycles. The fraction of sp³-hybridized carbons (Fsp3) is 0.462. The molecule has 2 rings (SSSR count). The van der Waals surface area contributed by atoms with E-state index in [0.29, 0.717) is 11.6 Å². The number of rotatable bonds is 2. The van der Waals surface area contributed by atoms with E-state index in [1.165, 1.54) is 0 Å². The second kappa shape index (κ2) is 4.65. The average Bonchev–Trinajstić information content (AvgIpc) is 2.49. The quantitative estimate of drug-likeness (QED) is 0.825. The van der Waals surface area contributed by atoms with Crippen LogP contribution in [0.4, 0.5) is 11.4 Å². The van der Waals surface area contributed by atoms with Crippen LogP contribution in [0.5, 0.6) is 0 Å². The summed E-state index contributed by atoms with van der Waals surface area (Å²) in [5, 5.41) is 12.4. The predicted octanol–water partition coefficient (Wildman–Crippen LogP) is 2.42. The van der Waals surface area contributed by atoms with Gasteiger partial charge in [0.05, 0.1) is 16.9 Å². The number of hydrogen-bond acceptors (Lipinski definition) is 3. The highest BCUT2D eigenvalue weighted by Gasteiger charge is 2.18. The number of carboxylic acid groups (broad SMARTS) is 1. The van der Waals surface area contributed by atoms with E-state index in [0.717, 1.165) is 30.9 Å². The molecule has 4 heteroatoms. The zero-order valence-corrected chi connectivity index (χ0v) is 10.2. The predicted molar refractivity (Wildman–Crippen MR) is 69.0 cm³/mol. The molecular weight excluding hydrogens is 216 g/mol. The van der Waals surface area contributed by atoms with Crippen molar-refractivity contribution in [1.82, 2.24) is 0 Å². The molecule has 2 N–H and O–H groups in total. The maximum Gasteiger partial charge on any atom is 0.335 e. The minimum atomic E-state index is -0.874. The van der Waals surface area contributed by atoms with Crippen LogP contribution in [0, 0.1) is 0 Å². The molecule has 4 nitrogen and oxygen atoms in total. The van der Waals surface area contributed by atoms with Crippen LogP contribution in [0.3, 0.4) is 0 Å². The Bertz CT molecular complexity index is 429. The third kappa shape index (κ3) is 2.35. The average molecular weight is 234 g/mol. The Morgan fingerprint density at radius 2 is 2.24 bits per heavy atom. The van der Waals surface area contributed by atoms with Crippen LogP contribution in [0.25, 0.3) is 0 Å². The molecule has 0 spiro atoms. The third-order valence-corrected chi connectivity index (χ3v) is 3.07.